The molecular formula is C4H4NOPS. The van der Waals surface area contributed by atoms with Crippen LogP contribution in [0.2, 0.25) is 0 Å². The van der Waals surface area contributed by atoms with Gasteiger partial charge in [-0.2, -0.15) is 11.3 Å². The number of rotatable bonds is 2. The standard InChI is InChI=1S/C4H4NOPS/c6-7-5-4-1-2-8-3-4/h1-3H,(H,5,6). The first-order valence-electron chi connectivity index (χ1n) is 2.04. The summed E-state index contributed by atoms with van der Waals surface area (Å²) in [5, 5.41) is 6.43. The molecule has 1 heterocycles. The Morgan fingerprint density at radius 1 is 1.75 bits per heavy atom. The first-order valence-corrected chi connectivity index (χ1v) is 3.79. The van der Waals surface area contributed by atoms with E-state index >= 15 is 0 Å². The van der Waals surface area contributed by atoms with Gasteiger partial charge in [0.2, 0.25) is 0 Å². The summed E-state index contributed by atoms with van der Waals surface area (Å²) in [7, 11) is -0.0376. The van der Waals surface area contributed by atoms with Gasteiger partial charge in [-0.15, -0.1) is 0 Å². The summed E-state index contributed by atoms with van der Waals surface area (Å²) >= 11 is 1.57. The van der Waals surface area contributed by atoms with Gasteiger partial charge in [0.1, 0.15) is 0 Å². The zero-order valence-corrected chi connectivity index (χ0v) is 5.71. The second-order valence-electron chi connectivity index (χ2n) is 1.22. The molecule has 0 aliphatic carbocycles. The zero-order valence-electron chi connectivity index (χ0n) is 4.00. The Bertz CT molecular complexity index is 163. The smallest absolute Gasteiger partial charge is 0.279 e. The van der Waals surface area contributed by atoms with Gasteiger partial charge in [0.05, 0.1) is 5.69 Å². The van der Waals surface area contributed by atoms with E-state index in [1.165, 1.54) is 0 Å². The van der Waals surface area contributed by atoms with Crippen LogP contribution in [0.15, 0.2) is 16.8 Å². The molecule has 8 heavy (non-hydrogen) atoms. The largest absolute Gasteiger partial charge is 0.304 e. The van der Waals surface area contributed by atoms with E-state index in [9.17, 15) is 4.57 Å². The van der Waals surface area contributed by atoms with Gasteiger partial charge in [-0.1, -0.05) is 0 Å². The van der Waals surface area contributed by atoms with E-state index in [1.807, 2.05) is 16.8 Å². The van der Waals surface area contributed by atoms with E-state index in [2.05, 4.69) is 5.09 Å². The summed E-state index contributed by atoms with van der Waals surface area (Å²) in [4.78, 5) is 0. The van der Waals surface area contributed by atoms with Gasteiger partial charge >= 0.3 is 0 Å². The lowest BCUT2D eigenvalue weighted by Gasteiger charge is -1.83. The molecule has 0 saturated carbocycles. The maximum atomic E-state index is 9.86. The maximum absolute atomic E-state index is 9.86. The van der Waals surface area contributed by atoms with E-state index in [-0.39, 0.29) is 8.61 Å². The van der Waals surface area contributed by atoms with Crippen LogP contribution in [0.25, 0.3) is 0 Å². The Morgan fingerprint density at radius 3 is 3.12 bits per heavy atom. The first kappa shape index (κ1) is 5.73. The van der Waals surface area contributed by atoms with E-state index in [0.29, 0.717) is 0 Å². The first-order chi connectivity index (χ1) is 3.93. The molecule has 0 bridgehead atoms. The van der Waals surface area contributed by atoms with Crippen molar-refractivity contribution >= 4 is 25.6 Å². The molecule has 0 aromatic carbocycles. The van der Waals surface area contributed by atoms with E-state index < -0.39 is 0 Å². The predicted octanol–water partition coefficient (Wildman–Crippen LogP) is 2.37. The van der Waals surface area contributed by atoms with Crippen molar-refractivity contribution in [3.05, 3.63) is 16.8 Å². The summed E-state index contributed by atoms with van der Waals surface area (Å²) in [6.07, 6.45) is 0. The lowest BCUT2D eigenvalue weighted by Crippen LogP contribution is -1.70. The van der Waals surface area contributed by atoms with Crippen LogP contribution in [0.5, 0.6) is 0 Å². The van der Waals surface area contributed by atoms with Crippen LogP contribution in [0.1, 0.15) is 0 Å². The normalized spacial score (nSPS) is 9.50. The van der Waals surface area contributed by atoms with Crippen LogP contribution in [-0.4, -0.2) is 0 Å². The fraction of sp³-hybridized carbons (Fsp3) is 0. The van der Waals surface area contributed by atoms with Crippen LogP contribution < -0.4 is 5.09 Å². The molecule has 0 amide bonds. The third-order valence-corrected chi connectivity index (χ3v) is 1.73. The number of thiophene rings is 1. The van der Waals surface area contributed by atoms with Crippen molar-refractivity contribution < 1.29 is 4.57 Å². The van der Waals surface area contributed by atoms with Crippen molar-refractivity contribution in [2.75, 3.05) is 5.09 Å². The summed E-state index contributed by atoms with van der Waals surface area (Å²) in [6, 6.07) is 1.87. The molecule has 1 aromatic heterocycles. The molecular weight excluding hydrogens is 141 g/mol. The Kier molecular flexibility index (Phi) is 2.00. The molecule has 0 aliphatic rings. The van der Waals surface area contributed by atoms with Crippen molar-refractivity contribution in [1.29, 1.82) is 0 Å². The highest BCUT2D eigenvalue weighted by Gasteiger charge is 1.85. The SMILES string of the molecule is O=PNc1ccsc1. The highest BCUT2D eigenvalue weighted by Crippen LogP contribution is 2.14. The van der Waals surface area contributed by atoms with E-state index in [0.717, 1.165) is 5.69 Å². The van der Waals surface area contributed by atoms with Gasteiger partial charge < -0.3 is 5.09 Å². The molecule has 42 valence electrons. The van der Waals surface area contributed by atoms with Crippen LogP contribution in [0.3, 0.4) is 0 Å². The molecule has 0 saturated heterocycles. The molecule has 1 rings (SSSR count). The molecule has 0 radical (unpaired) electrons. The second kappa shape index (κ2) is 2.80. The van der Waals surface area contributed by atoms with Gasteiger partial charge in [0, 0.05) is 5.38 Å². The molecule has 1 N–H and O–H groups in total. The van der Waals surface area contributed by atoms with Crippen LogP contribution in [0.4, 0.5) is 5.69 Å². The van der Waals surface area contributed by atoms with Crippen LogP contribution in [0, 0.1) is 0 Å². The number of hydrogen-bond acceptors (Lipinski definition) is 2. The minimum atomic E-state index is -0.0376. The topological polar surface area (TPSA) is 29.1 Å². The third-order valence-electron chi connectivity index (χ3n) is 0.696. The maximum Gasteiger partial charge on any atom is 0.279 e. The van der Waals surface area contributed by atoms with E-state index in [4.69, 9.17) is 0 Å². The lowest BCUT2D eigenvalue weighted by atomic mass is 10.6. The van der Waals surface area contributed by atoms with Gasteiger partial charge in [0.25, 0.3) is 8.61 Å². The lowest BCUT2D eigenvalue weighted by molar-refractivity contribution is 0.601. The Hall–Kier alpha value is -0.400. The van der Waals surface area contributed by atoms with Crippen LogP contribution >= 0.6 is 19.9 Å². The summed E-state index contributed by atoms with van der Waals surface area (Å²) in [6.45, 7) is 0. The average molecular weight is 145 g/mol. The zero-order chi connectivity index (χ0) is 5.82. The molecule has 0 spiro atoms. The van der Waals surface area contributed by atoms with Gasteiger partial charge in [-0.25, -0.2) is 4.57 Å². The Labute approximate surface area is 52.8 Å². The molecule has 0 unspecified atom stereocenters. The molecule has 0 aliphatic heterocycles. The van der Waals surface area contributed by atoms with Crippen molar-refractivity contribution in [2.24, 2.45) is 0 Å². The van der Waals surface area contributed by atoms with Crippen molar-refractivity contribution in [1.82, 2.24) is 0 Å². The minimum Gasteiger partial charge on any atom is -0.304 e. The van der Waals surface area contributed by atoms with Crippen molar-refractivity contribution in [3.8, 4) is 0 Å². The highest BCUT2D eigenvalue weighted by molar-refractivity contribution is 7.25. The summed E-state index contributed by atoms with van der Waals surface area (Å²) < 4.78 is 9.86. The van der Waals surface area contributed by atoms with Gasteiger partial charge in [-0.05, 0) is 11.4 Å². The third kappa shape index (κ3) is 1.29. The van der Waals surface area contributed by atoms with Gasteiger partial charge in [-0.3, -0.25) is 0 Å². The number of nitrogens with one attached hydrogen (secondary N) is 1. The molecule has 1 aromatic rings. The van der Waals surface area contributed by atoms with Gasteiger partial charge in [0.15, 0.2) is 0 Å². The molecule has 0 fully saturated rings. The van der Waals surface area contributed by atoms with Crippen molar-refractivity contribution in [2.45, 2.75) is 0 Å². The summed E-state index contributed by atoms with van der Waals surface area (Å²) in [5.41, 5.74) is 0.909. The average Bonchev–Trinajstić information content (AvgIpc) is 2.19. The van der Waals surface area contributed by atoms with Crippen molar-refractivity contribution in [3.63, 3.8) is 0 Å². The Morgan fingerprint density at radius 2 is 2.62 bits per heavy atom. The Balaban J connectivity index is 2.62. The molecule has 2 nitrogen and oxygen atoms in total. The summed E-state index contributed by atoms with van der Waals surface area (Å²) in [5.74, 6) is 0. The monoisotopic (exact) mass is 145 g/mol. The van der Waals surface area contributed by atoms with E-state index in [1.54, 1.807) is 11.3 Å². The molecule has 4 heteroatoms. The number of anilines is 1. The number of hydrogen-bond donors (Lipinski definition) is 1. The predicted molar refractivity (Wildman–Crippen MR) is 35.5 cm³/mol. The second-order valence-corrected chi connectivity index (χ2v) is 2.40. The minimum absolute atomic E-state index is 0.0376. The highest BCUT2D eigenvalue weighted by atomic mass is 32.1. The van der Waals surface area contributed by atoms with Crippen LogP contribution in [-0.2, 0) is 4.57 Å². The quantitative estimate of drug-likeness (QED) is 0.647. The fourth-order valence-corrected chi connectivity index (χ4v) is 1.30. The fourth-order valence-electron chi connectivity index (χ4n) is 0.381. The molecule has 0 atom stereocenters.